The molecule has 17 heavy (non-hydrogen) atoms. The molecule has 1 aliphatic rings. The normalized spacial score (nSPS) is 16.5. The number of nitrogens with zero attached hydrogens (tertiary/aromatic N) is 2. The van der Waals surface area contributed by atoms with Crippen molar-refractivity contribution >= 4 is 5.78 Å². The Morgan fingerprint density at radius 2 is 2.29 bits per heavy atom. The molecule has 0 atom stereocenters. The first-order chi connectivity index (χ1) is 8.29. The smallest absolute Gasteiger partial charge is 0.179 e. The minimum atomic E-state index is 0.152. The molecule has 0 aromatic carbocycles. The molecule has 1 heterocycles. The van der Waals surface area contributed by atoms with Gasteiger partial charge < -0.3 is 5.32 Å². The zero-order valence-electron chi connectivity index (χ0n) is 10.5. The van der Waals surface area contributed by atoms with Gasteiger partial charge in [-0.25, -0.2) is 0 Å². The Balaban J connectivity index is 1.81. The molecule has 0 amide bonds. The molecular formula is C13H21N3O. The van der Waals surface area contributed by atoms with E-state index in [1.165, 1.54) is 25.7 Å². The minimum absolute atomic E-state index is 0.152. The highest BCUT2D eigenvalue weighted by Gasteiger charge is 2.16. The van der Waals surface area contributed by atoms with Gasteiger partial charge in [0.05, 0.1) is 18.3 Å². The van der Waals surface area contributed by atoms with E-state index in [-0.39, 0.29) is 5.78 Å². The minimum Gasteiger partial charge on any atom is -0.307 e. The van der Waals surface area contributed by atoms with Crippen molar-refractivity contribution in [2.75, 3.05) is 6.54 Å². The standard InChI is InChI=1S/C13H21N3O/c1-2-7-16-10-11(8-15-16)13(17)9-14-12-5-3-4-6-12/h8,10,12,14H,2-7,9H2,1H3. The van der Waals surface area contributed by atoms with E-state index < -0.39 is 0 Å². The summed E-state index contributed by atoms with van der Waals surface area (Å²) in [6.45, 7) is 3.43. The maximum atomic E-state index is 11.9. The SMILES string of the molecule is CCCn1cc(C(=O)CNC2CCCC2)cn1. The highest BCUT2D eigenvalue weighted by molar-refractivity contribution is 5.97. The molecule has 1 N–H and O–H groups in total. The van der Waals surface area contributed by atoms with E-state index in [2.05, 4.69) is 17.3 Å². The number of carbonyl (C=O) groups excluding carboxylic acids is 1. The van der Waals surface area contributed by atoms with Crippen LogP contribution in [0.4, 0.5) is 0 Å². The van der Waals surface area contributed by atoms with Gasteiger partial charge in [0.2, 0.25) is 0 Å². The molecular weight excluding hydrogens is 214 g/mol. The van der Waals surface area contributed by atoms with Crippen LogP contribution in [0.25, 0.3) is 0 Å². The van der Waals surface area contributed by atoms with Crippen molar-refractivity contribution in [3.63, 3.8) is 0 Å². The number of Topliss-reactive ketones (excluding diaryl/α,β-unsaturated/α-hetero) is 1. The Morgan fingerprint density at radius 3 is 3.00 bits per heavy atom. The molecule has 2 rings (SSSR count). The lowest BCUT2D eigenvalue weighted by molar-refractivity contribution is 0.0987. The molecule has 0 aliphatic heterocycles. The third-order valence-corrected chi connectivity index (χ3v) is 3.31. The molecule has 1 aromatic heterocycles. The fourth-order valence-electron chi connectivity index (χ4n) is 2.33. The van der Waals surface area contributed by atoms with Gasteiger partial charge in [-0.2, -0.15) is 5.10 Å². The zero-order chi connectivity index (χ0) is 12.1. The summed E-state index contributed by atoms with van der Waals surface area (Å²) < 4.78 is 1.84. The summed E-state index contributed by atoms with van der Waals surface area (Å²) in [7, 11) is 0. The van der Waals surface area contributed by atoms with Crippen molar-refractivity contribution in [2.45, 2.75) is 51.6 Å². The predicted molar refractivity (Wildman–Crippen MR) is 67.1 cm³/mol. The van der Waals surface area contributed by atoms with Crippen molar-refractivity contribution < 1.29 is 4.79 Å². The van der Waals surface area contributed by atoms with Crippen molar-refractivity contribution in [1.82, 2.24) is 15.1 Å². The third kappa shape index (κ3) is 3.40. The fraction of sp³-hybridized carbons (Fsp3) is 0.692. The number of hydrogen-bond donors (Lipinski definition) is 1. The summed E-state index contributed by atoms with van der Waals surface area (Å²) in [5, 5.41) is 7.51. The lowest BCUT2D eigenvalue weighted by Gasteiger charge is -2.09. The molecule has 0 radical (unpaired) electrons. The zero-order valence-corrected chi connectivity index (χ0v) is 10.5. The molecule has 0 bridgehead atoms. The Labute approximate surface area is 102 Å². The van der Waals surface area contributed by atoms with Gasteiger partial charge in [-0.3, -0.25) is 9.48 Å². The maximum Gasteiger partial charge on any atom is 0.179 e. The van der Waals surface area contributed by atoms with Crippen LogP contribution in [0.1, 0.15) is 49.4 Å². The summed E-state index contributed by atoms with van der Waals surface area (Å²) in [5.41, 5.74) is 0.726. The van der Waals surface area contributed by atoms with Crippen LogP contribution in [0.5, 0.6) is 0 Å². The van der Waals surface area contributed by atoms with E-state index in [1.54, 1.807) is 6.20 Å². The Bertz CT molecular complexity index is 366. The monoisotopic (exact) mass is 235 g/mol. The second-order valence-corrected chi connectivity index (χ2v) is 4.78. The van der Waals surface area contributed by atoms with Gasteiger partial charge in [0.25, 0.3) is 0 Å². The summed E-state index contributed by atoms with van der Waals surface area (Å²) in [5.74, 6) is 0.152. The van der Waals surface area contributed by atoms with Crippen LogP contribution in [-0.4, -0.2) is 28.2 Å². The lowest BCUT2D eigenvalue weighted by atomic mass is 10.2. The second kappa shape index (κ2) is 5.96. The van der Waals surface area contributed by atoms with Crippen molar-refractivity contribution in [3.05, 3.63) is 18.0 Å². The fourth-order valence-corrected chi connectivity index (χ4v) is 2.33. The molecule has 1 aliphatic carbocycles. The van der Waals surface area contributed by atoms with Gasteiger partial charge in [0.1, 0.15) is 0 Å². The average Bonchev–Trinajstić information content (AvgIpc) is 2.97. The molecule has 4 heteroatoms. The maximum absolute atomic E-state index is 11.9. The number of carbonyl (C=O) groups is 1. The quantitative estimate of drug-likeness (QED) is 0.767. The third-order valence-electron chi connectivity index (χ3n) is 3.31. The lowest BCUT2D eigenvalue weighted by Crippen LogP contribution is -2.31. The predicted octanol–water partition coefficient (Wildman–Crippen LogP) is 2.01. The van der Waals surface area contributed by atoms with Gasteiger partial charge in [-0.05, 0) is 19.3 Å². The molecule has 0 spiro atoms. The number of aromatic nitrogens is 2. The first-order valence-corrected chi connectivity index (χ1v) is 6.58. The van der Waals surface area contributed by atoms with Crippen LogP contribution in [-0.2, 0) is 6.54 Å². The molecule has 4 nitrogen and oxygen atoms in total. The van der Waals surface area contributed by atoms with Crippen LogP contribution in [0, 0.1) is 0 Å². The average molecular weight is 235 g/mol. The van der Waals surface area contributed by atoms with Gasteiger partial charge in [0, 0.05) is 18.8 Å². The number of nitrogens with one attached hydrogen (secondary N) is 1. The van der Waals surface area contributed by atoms with Crippen molar-refractivity contribution in [1.29, 1.82) is 0 Å². The van der Waals surface area contributed by atoms with Gasteiger partial charge in [0.15, 0.2) is 5.78 Å². The first-order valence-electron chi connectivity index (χ1n) is 6.58. The molecule has 1 saturated carbocycles. The van der Waals surface area contributed by atoms with E-state index in [1.807, 2.05) is 10.9 Å². The molecule has 0 saturated heterocycles. The number of ketones is 1. The Hall–Kier alpha value is -1.16. The largest absolute Gasteiger partial charge is 0.307 e. The van der Waals surface area contributed by atoms with Gasteiger partial charge in [-0.15, -0.1) is 0 Å². The molecule has 1 fully saturated rings. The van der Waals surface area contributed by atoms with Crippen LogP contribution in [0.2, 0.25) is 0 Å². The van der Waals surface area contributed by atoms with Crippen molar-refractivity contribution in [3.8, 4) is 0 Å². The van der Waals surface area contributed by atoms with E-state index >= 15 is 0 Å². The topological polar surface area (TPSA) is 46.9 Å². The molecule has 0 unspecified atom stereocenters. The van der Waals surface area contributed by atoms with Crippen LogP contribution >= 0.6 is 0 Å². The van der Waals surface area contributed by atoms with E-state index in [4.69, 9.17) is 0 Å². The molecule has 94 valence electrons. The van der Waals surface area contributed by atoms with E-state index in [0.717, 1.165) is 18.5 Å². The van der Waals surface area contributed by atoms with Crippen LogP contribution in [0.3, 0.4) is 0 Å². The summed E-state index contributed by atoms with van der Waals surface area (Å²) in [6, 6.07) is 0.546. The van der Waals surface area contributed by atoms with E-state index in [0.29, 0.717) is 12.6 Å². The van der Waals surface area contributed by atoms with Crippen LogP contribution in [0.15, 0.2) is 12.4 Å². The first kappa shape index (κ1) is 12.3. The van der Waals surface area contributed by atoms with Crippen LogP contribution < -0.4 is 5.32 Å². The molecule has 1 aromatic rings. The second-order valence-electron chi connectivity index (χ2n) is 4.78. The van der Waals surface area contributed by atoms with Gasteiger partial charge in [-0.1, -0.05) is 19.8 Å². The number of aryl methyl sites for hydroxylation is 1. The van der Waals surface area contributed by atoms with Crippen molar-refractivity contribution in [2.24, 2.45) is 0 Å². The highest BCUT2D eigenvalue weighted by atomic mass is 16.1. The summed E-state index contributed by atoms with van der Waals surface area (Å²) in [6.07, 6.45) is 9.57. The summed E-state index contributed by atoms with van der Waals surface area (Å²) in [4.78, 5) is 11.9. The number of rotatable bonds is 6. The number of hydrogen-bond acceptors (Lipinski definition) is 3. The van der Waals surface area contributed by atoms with Gasteiger partial charge >= 0.3 is 0 Å². The van der Waals surface area contributed by atoms with E-state index in [9.17, 15) is 4.79 Å². The summed E-state index contributed by atoms with van der Waals surface area (Å²) >= 11 is 0. The Morgan fingerprint density at radius 1 is 1.53 bits per heavy atom. The highest BCUT2D eigenvalue weighted by Crippen LogP contribution is 2.17. The Kier molecular flexibility index (Phi) is 4.31.